The molecule has 1 N–H and O–H groups in total. The molecule has 168 valence electrons. The first-order valence-corrected chi connectivity index (χ1v) is 10.6. The van der Waals surface area contributed by atoms with E-state index in [1.165, 1.54) is 0 Å². The van der Waals surface area contributed by atoms with Crippen molar-refractivity contribution in [2.75, 3.05) is 18.5 Å². The fourth-order valence-electron chi connectivity index (χ4n) is 3.84. The molecule has 0 aromatic heterocycles. The summed E-state index contributed by atoms with van der Waals surface area (Å²) in [4.78, 5) is 37.1. The van der Waals surface area contributed by atoms with E-state index in [1.807, 2.05) is 18.8 Å². The van der Waals surface area contributed by atoms with E-state index in [0.717, 1.165) is 0 Å². The number of ether oxygens (including phenoxy) is 3. The summed E-state index contributed by atoms with van der Waals surface area (Å²) in [5.41, 5.74) is -1.24. The number of hydrogen-bond donors (Lipinski definition) is 1. The first-order chi connectivity index (χ1) is 14.7. The third kappa shape index (κ3) is 5.57. The van der Waals surface area contributed by atoms with Gasteiger partial charge in [-0.25, -0.2) is 9.59 Å². The highest BCUT2D eigenvalue weighted by atomic mass is 16.5. The molecule has 0 amide bonds. The van der Waals surface area contributed by atoms with Gasteiger partial charge in [-0.2, -0.15) is 0 Å². The van der Waals surface area contributed by atoms with Crippen molar-refractivity contribution in [3.63, 3.8) is 0 Å². The van der Waals surface area contributed by atoms with E-state index < -0.39 is 23.0 Å². The van der Waals surface area contributed by atoms with Crippen LogP contribution in [0, 0.1) is 5.41 Å². The molecule has 1 aliphatic carbocycles. The first-order valence-electron chi connectivity index (χ1n) is 10.6. The molecule has 2 unspecified atom stereocenters. The van der Waals surface area contributed by atoms with Crippen molar-refractivity contribution in [3.05, 3.63) is 35.6 Å². The molecular formula is C24H31NO6. The molecule has 0 heterocycles. The fraction of sp³-hybridized carbons (Fsp3) is 0.542. The minimum absolute atomic E-state index is 0.0934. The molecule has 0 saturated heterocycles. The van der Waals surface area contributed by atoms with Gasteiger partial charge in [0.2, 0.25) is 5.76 Å². The molecule has 1 aromatic carbocycles. The maximum atomic E-state index is 13.2. The average molecular weight is 430 g/mol. The molecule has 7 nitrogen and oxygen atoms in total. The molecule has 0 radical (unpaired) electrons. The van der Waals surface area contributed by atoms with E-state index in [9.17, 15) is 14.4 Å². The Hall–Kier alpha value is -3.01. The third-order valence-electron chi connectivity index (χ3n) is 5.05. The number of carbonyl (C=O) groups excluding carboxylic acids is 3. The van der Waals surface area contributed by atoms with Crippen molar-refractivity contribution < 1.29 is 28.6 Å². The van der Waals surface area contributed by atoms with Crippen LogP contribution in [0.4, 0.5) is 5.69 Å². The smallest absolute Gasteiger partial charge is 0.319 e. The number of carbonyl (C=O) groups is 1. The Morgan fingerprint density at radius 2 is 1.84 bits per heavy atom. The first kappa shape index (κ1) is 24.3. The molecule has 1 saturated carbocycles. The largest absolute Gasteiger partial charge is 0.494 e. The maximum Gasteiger partial charge on any atom is 0.319 e. The Labute approximate surface area is 183 Å². The van der Waals surface area contributed by atoms with Gasteiger partial charge in [0.15, 0.2) is 5.94 Å². The number of hydrogen-bond acceptors (Lipinski definition) is 7. The second-order valence-corrected chi connectivity index (χ2v) is 8.34. The zero-order valence-corrected chi connectivity index (χ0v) is 18.9. The summed E-state index contributed by atoms with van der Waals surface area (Å²) in [6.45, 7) is 9.64. The standard InChI is InChI=1S/C24H31NO6/c1-6-29-19-12-10-18(11-13-19)25-21(20(16-27)31-23(3,4)5)24(22(28)30-7-2)14-8-9-17(24)15-26/h10-13,21,25H,6-9,14H2,1-5H3. The SMILES string of the molecule is CCOC(=O)C1(C(Nc2ccc(OCC)cc2)C(=C=O)OC(C)(C)C)CCCC1=C=O. The molecule has 0 spiro atoms. The van der Waals surface area contributed by atoms with Crippen LogP contribution < -0.4 is 10.1 Å². The van der Waals surface area contributed by atoms with Crippen LogP contribution in [-0.4, -0.2) is 42.7 Å². The van der Waals surface area contributed by atoms with Gasteiger partial charge in [-0.3, -0.25) is 4.79 Å². The summed E-state index contributed by atoms with van der Waals surface area (Å²) >= 11 is 0. The molecule has 0 bridgehead atoms. The Bertz CT molecular complexity index is 872. The van der Waals surface area contributed by atoms with Crippen LogP contribution in [0.2, 0.25) is 0 Å². The number of benzene rings is 1. The molecule has 7 heteroatoms. The van der Waals surface area contributed by atoms with E-state index in [-0.39, 0.29) is 17.9 Å². The lowest BCUT2D eigenvalue weighted by atomic mass is 9.74. The van der Waals surface area contributed by atoms with E-state index in [1.54, 1.807) is 52.0 Å². The molecule has 1 aromatic rings. The summed E-state index contributed by atoms with van der Waals surface area (Å²) in [5, 5.41) is 3.23. The summed E-state index contributed by atoms with van der Waals surface area (Å²) in [6, 6.07) is 6.12. The van der Waals surface area contributed by atoms with Crippen molar-refractivity contribution in [2.24, 2.45) is 5.41 Å². The van der Waals surface area contributed by atoms with E-state index >= 15 is 0 Å². The second kappa shape index (κ2) is 10.3. The van der Waals surface area contributed by atoms with E-state index in [0.29, 0.717) is 37.3 Å². The van der Waals surface area contributed by atoms with Crippen LogP contribution in [0.1, 0.15) is 53.9 Å². The Morgan fingerprint density at radius 3 is 2.35 bits per heavy atom. The van der Waals surface area contributed by atoms with Crippen LogP contribution in [0.15, 0.2) is 35.6 Å². The highest BCUT2D eigenvalue weighted by Gasteiger charge is 2.56. The van der Waals surface area contributed by atoms with Gasteiger partial charge in [-0.15, -0.1) is 0 Å². The molecule has 2 atom stereocenters. The summed E-state index contributed by atoms with van der Waals surface area (Å²) in [6.07, 6.45) is 1.31. The predicted molar refractivity (Wildman–Crippen MR) is 117 cm³/mol. The van der Waals surface area contributed by atoms with Gasteiger partial charge in [0.25, 0.3) is 0 Å². The van der Waals surface area contributed by atoms with Gasteiger partial charge in [0.1, 0.15) is 28.7 Å². The fourth-order valence-corrected chi connectivity index (χ4v) is 3.84. The highest BCUT2D eigenvalue weighted by molar-refractivity contribution is 5.88. The van der Waals surface area contributed by atoms with E-state index in [2.05, 4.69) is 5.32 Å². The normalized spacial score (nSPS) is 19.1. The van der Waals surface area contributed by atoms with Crippen LogP contribution in [0.3, 0.4) is 0 Å². The molecule has 31 heavy (non-hydrogen) atoms. The monoisotopic (exact) mass is 429 g/mol. The lowest BCUT2D eigenvalue weighted by molar-refractivity contribution is -0.153. The quantitative estimate of drug-likeness (QED) is 0.362. The van der Waals surface area contributed by atoms with Crippen LogP contribution in [0.5, 0.6) is 5.75 Å². The highest BCUT2D eigenvalue weighted by Crippen LogP contribution is 2.48. The average Bonchev–Trinajstić information content (AvgIpc) is 3.16. The van der Waals surface area contributed by atoms with Crippen LogP contribution in [-0.2, 0) is 23.9 Å². The second-order valence-electron chi connectivity index (χ2n) is 8.34. The number of nitrogens with one attached hydrogen (secondary N) is 1. The third-order valence-corrected chi connectivity index (χ3v) is 5.05. The molecule has 0 aliphatic heterocycles. The zero-order valence-electron chi connectivity index (χ0n) is 18.9. The minimum atomic E-state index is -1.41. The van der Waals surface area contributed by atoms with Gasteiger partial charge in [0, 0.05) is 11.3 Å². The molecule has 2 rings (SSSR count). The number of rotatable bonds is 9. The van der Waals surface area contributed by atoms with Crippen molar-refractivity contribution in [2.45, 2.75) is 65.5 Å². The van der Waals surface area contributed by atoms with Crippen LogP contribution in [0.25, 0.3) is 0 Å². The summed E-state index contributed by atoms with van der Waals surface area (Å²) < 4.78 is 16.7. The predicted octanol–water partition coefficient (Wildman–Crippen LogP) is 3.89. The number of anilines is 1. The van der Waals surface area contributed by atoms with Crippen molar-refractivity contribution in [3.8, 4) is 5.75 Å². The molecule has 1 aliphatic rings. The van der Waals surface area contributed by atoms with Gasteiger partial charge in [-0.1, -0.05) is 0 Å². The Morgan fingerprint density at radius 1 is 1.16 bits per heavy atom. The van der Waals surface area contributed by atoms with Gasteiger partial charge < -0.3 is 19.5 Å². The Balaban J connectivity index is 2.59. The molecular weight excluding hydrogens is 398 g/mol. The summed E-state index contributed by atoms with van der Waals surface area (Å²) in [5.74, 6) is 3.81. The topological polar surface area (TPSA) is 90.9 Å². The van der Waals surface area contributed by atoms with Crippen molar-refractivity contribution >= 4 is 23.5 Å². The van der Waals surface area contributed by atoms with Crippen molar-refractivity contribution in [1.82, 2.24) is 0 Å². The lowest BCUT2D eigenvalue weighted by Crippen LogP contribution is -2.49. The maximum absolute atomic E-state index is 13.2. The van der Waals surface area contributed by atoms with Gasteiger partial charge in [-0.05, 0) is 78.1 Å². The van der Waals surface area contributed by atoms with Crippen LogP contribution >= 0.6 is 0 Å². The van der Waals surface area contributed by atoms with Gasteiger partial charge >= 0.3 is 5.97 Å². The molecule has 1 fully saturated rings. The number of esters is 1. The zero-order chi connectivity index (χ0) is 23.1. The van der Waals surface area contributed by atoms with E-state index in [4.69, 9.17) is 14.2 Å². The minimum Gasteiger partial charge on any atom is -0.494 e. The lowest BCUT2D eigenvalue weighted by Gasteiger charge is -2.38. The van der Waals surface area contributed by atoms with Gasteiger partial charge in [0.05, 0.1) is 13.2 Å². The summed E-state index contributed by atoms with van der Waals surface area (Å²) in [7, 11) is 0. The Kier molecular flexibility index (Phi) is 8.09. The van der Waals surface area contributed by atoms with Crippen molar-refractivity contribution in [1.29, 1.82) is 0 Å².